The van der Waals surface area contributed by atoms with E-state index < -0.39 is 11.7 Å². The fourth-order valence-electron chi connectivity index (χ4n) is 1.67. The largest absolute Gasteiger partial charge is 0.444 e. The molecule has 6 heteroatoms. The average Bonchev–Trinajstić information content (AvgIpc) is 2.35. The molecule has 0 saturated carbocycles. The Morgan fingerprint density at radius 1 is 1.40 bits per heavy atom. The summed E-state index contributed by atoms with van der Waals surface area (Å²) in [5.41, 5.74) is 8.92. The Balaban J connectivity index is 2.64. The van der Waals surface area contributed by atoms with Crippen molar-refractivity contribution in [2.24, 2.45) is 5.11 Å². The molecule has 0 heterocycles. The van der Waals surface area contributed by atoms with Crippen molar-refractivity contribution in [3.05, 3.63) is 46.3 Å². The third-order valence-electron chi connectivity index (χ3n) is 2.41. The number of azide groups is 1. The van der Waals surface area contributed by atoms with Crippen LogP contribution in [0.1, 0.15) is 26.3 Å². The summed E-state index contributed by atoms with van der Waals surface area (Å²) in [4.78, 5) is 14.5. The number of hydrogen-bond donors (Lipinski definition) is 1. The number of carbonyl (C=O) groups excluding carboxylic acids is 1. The Kier molecular flexibility index (Phi) is 5.87. The lowest BCUT2D eigenvalue weighted by molar-refractivity contribution is 0.0506. The van der Waals surface area contributed by atoms with Crippen LogP contribution in [0.25, 0.3) is 10.4 Å². The summed E-state index contributed by atoms with van der Waals surface area (Å²) in [6.45, 7) is 5.58. The molecule has 6 nitrogen and oxygen atoms in total. The normalized spacial score (nSPS) is 12.2. The summed E-state index contributed by atoms with van der Waals surface area (Å²) in [6, 6.07) is 9.40. The average molecular weight is 276 g/mol. The highest BCUT2D eigenvalue weighted by molar-refractivity contribution is 5.68. The highest BCUT2D eigenvalue weighted by Crippen LogP contribution is 2.08. The predicted molar refractivity (Wildman–Crippen MR) is 77.3 cm³/mol. The van der Waals surface area contributed by atoms with Gasteiger partial charge in [0.15, 0.2) is 0 Å². The molecule has 0 bridgehead atoms. The van der Waals surface area contributed by atoms with Gasteiger partial charge in [-0.3, -0.25) is 0 Å². The second-order valence-corrected chi connectivity index (χ2v) is 5.45. The van der Waals surface area contributed by atoms with Crippen LogP contribution in [-0.4, -0.2) is 24.3 Å². The van der Waals surface area contributed by atoms with Crippen LogP contribution in [0.2, 0.25) is 0 Å². The number of alkyl carbamates (subject to hydrolysis) is 1. The molecule has 1 N–H and O–H groups in total. The molecular weight excluding hydrogens is 256 g/mol. The minimum Gasteiger partial charge on any atom is -0.444 e. The van der Waals surface area contributed by atoms with E-state index in [1.54, 1.807) is 20.8 Å². The number of nitrogens with one attached hydrogen (secondary N) is 1. The first-order chi connectivity index (χ1) is 9.40. The highest BCUT2D eigenvalue weighted by Gasteiger charge is 2.19. The SMILES string of the molecule is CC(C)(C)OC(=O)NC(CN=[N+]=[N-])Cc1ccccc1. The van der Waals surface area contributed by atoms with E-state index in [0.717, 1.165) is 5.56 Å². The van der Waals surface area contributed by atoms with Gasteiger partial charge in [-0.15, -0.1) is 0 Å². The van der Waals surface area contributed by atoms with Crippen molar-refractivity contribution < 1.29 is 9.53 Å². The Morgan fingerprint density at radius 2 is 2.05 bits per heavy atom. The van der Waals surface area contributed by atoms with E-state index in [1.807, 2.05) is 30.3 Å². The Labute approximate surface area is 118 Å². The van der Waals surface area contributed by atoms with Gasteiger partial charge in [0.1, 0.15) is 5.60 Å². The smallest absolute Gasteiger partial charge is 0.407 e. The molecular formula is C14H20N4O2. The van der Waals surface area contributed by atoms with Crippen LogP contribution >= 0.6 is 0 Å². The number of nitrogens with zero attached hydrogens (tertiary/aromatic N) is 3. The molecule has 1 atom stereocenters. The van der Waals surface area contributed by atoms with Gasteiger partial charge in [0.05, 0.1) is 0 Å². The van der Waals surface area contributed by atoms with E-state index in [4.69, 9.17) is 10.3 Å². The van der Waals surface area contributed by atoms with Crippen LogP contribution in [0.5, 0.6) is 0 Å². The van der Waals surface area contributed by atoms with E-state index in [9.17, 15) is 4.79 Å². The monoisotopic (exact) mass is 276 g/mol. The Morgan fingerprint density at radius 3 is 2.60 bits per heavy atom. The summed E-state index contributed by atoms with van der Waals surface area (Å²) >= 11 is 0. The first-order valence-electron chi connectivity index (χ1n) is 6.45. The van der Waals surface area contributed by atoms with Crippen molar-refractivity contribution in [3.63, 3.8) is 0 Å². The maximum atomic E-state index is 11.8. The first-order valence-corrected chi connectivity index (χ1v) is 6.45. The molecule has 1 rings (SSSR count). The van der Waals surface area contributed by atoms with Crippen LogP contribution in [0, 0.1) is 0 Å². The highest BCUT2D eigenvalue weighted by atomic mass is 16.6. The van der Waals surface area contributed by atoms with Crippen molar-refractivity contribution in [2.45, 2.75) is 38.8 Å². The molecule has 1 aromatic rings. The fraction of sp³-hybridized carbons (Fsp3) is 0.500. The lowest BCUT2D eigenvalue weighted by atomic mass is 10.1. The number of ether oxygens (including phenoxy) is 1. The molecule has 108 valence electrons. The maximum absolute atomic E-state index is 11.8. The molecule has 0 aromatic heterocycles. The summed E-state index contributed by atoms with van der Waals surface area (Å²) in [6.07, 6.45) is 0.0746. The summed E-state index contributed by atoms with van der Waals surface area (Å²) in [5, 5.41) is 6.26. The van der Waals surface area contributed by atoms with Gasteiger partial charge < -0.3 is 10.1 Å². The summed E-state index contributed by atoms with van der Waals surface area (Å²) in [7, 11) is 0. The van der Waals surface area contributed by atoms with Crippen molar-refractivity contribution >= 4 is 6.09 Å². The molecule has 1 unspecified atom stereocenters. The maximum Gasteiger partial charge on any atom is 0.407 e. The molecule has 0 radical (unpaired) electrons. The van der Waals surface area contributed by atoms with Crippen molar-refractivity contribution in [2.75, 3.05) is 6.54 Å². The zero-order valence-corrected chi connectivity index (χ0v) is 12.0. The van der Waals surface area contributed by atoms with Crippen LogP contribution in [-0.2, 0) is 11.2 Å². The summed E-state index contributed by atoms with van der Waals surface area (Å²) < 4.78 is 5.20. The standard InChI is InChI=1S/C14H20N4O2/c1-14(2,3)20-13(19)17-12(10-16-18-15)9-11-7-5-4-6-8-11/h4-8,12H,9-10H2,1-3H3,(H,17,19). The van der Waals surface area contributed by atoms with Gasteiger partial charge in [-0.05, 0) is 38.3 Å². The minimum absolute atomic E-state index is 0.185. The van der Waals surface area contributed by atoms with Gasteiger partial charge >= 0.3 is 6.09 Å². The van der Waals surface area contributed by atoms with Crippen LogP contribution < -0.4 is 5.32 Å². The summed E-state index contributed by atoms with van der Waals surface area (Å²) in [5.74, 6) is 0. The lowest BCUT2D eigenvalue weighted by Crippen LogP contribution is -2.41. The second-order valence-electron chi connectivity index (χ2n) is 5.45. The number of carbonyl (C=O) groups is 1. The minimum atomic E-state index is -0.556. The molecule has 0 aliphatic carbocycles. The molecule has 0 spiro atoms. The van der Waals surface area contributed by atoms with Gasteiger partial charge in [-0.2, -0.15) is 0 Å². The number of rotatable bonds is 5. The fourth-order valence-corrected chi connectivity index (χ4v) is 1.67. The quantitative estimate of drug-likeness (QED) is 0.507. The first kappa shape index (κ1) is 15.9. The van der Waals surface area contributed by atoms with E-state index in [-0.39, 0.29) is 12.6 Å². The van der Waals surface area contributed by atoms with Crippen LogP contribution in [0.3, 0.4) is 0 Å². The zero-order valence-electron chi connectivity index (χ0n) is 12.0. The topological polar surface area (TPSA) is 87.1 Å². The van der Waals surface area contributed by atoms with Crippen molar-refractivity contribution in [1.29, 1.82) is 0 Å². The molecule has 0 aliphatic rings. The molecule has 1 aromatic carbocycles. The molecule has 1 amide bonds. The van der Waals surface area contributed by atoms with Crippen LogP contribution in [0.15, 0.2) is 35.4 Å². The number of hydrogen-bond acceptors (Lipinski definition) is 3. The van der Waals surface area contributed by atoms with E-state index in [0.29, 0.717) is 6.42 Å². The third-order valence-corrected chi connectivity index (χ3v) is 2.41. The molecule has 20 heavy (non-hydrogen) atoms. The van der Waals surface area contributed by atoms with Gasteiger partial charge in [-0.1, -0.05) is 35.4 Å². The van der Waals surface area contributed by atoms with E-state index in [1.165, 1.54) is 0 Å². The van der Waals surface area contributed by atoms with Crippen molar-refractivity contribution in [3.8, 4) is 0 Å². The molecule has 0 saturated heterocycles. The van der Waals surface area contributed by atoms with E-state index in [2.05, 4.69) is 15.3 Å². The lowest BCUT2D eigenvalue weighted by Gasteiger charge is -2.23. The predicted octanol–water partition coefficient (Wildman–Crippen LogP) is 3.43. The van der Waals surface area contributed by atoms with Gasteiger partial charge in [-0.25, -0.2) is 4.79 Å². The Hall–Kier alpha value is -2.20. The number of benzene rings is 1. The molecule has 0 fully saturated rings. The zero-order chi connectivity index (χ0) is 15.0. The molecule has 0 aliphatic heterocycles. The van der Waals surface area contributed by atoms with Crippen molar-refractivity contribution in [1.82, 2.24) is 5.32 Å². The van der Waals surface area contributed by atoms with Gasteiger partial charge in [0.25, 0.3) is 0 Å². The second kappa shape index (κ2) is 7.40. The van der Waals surface area contributed by atoms with Crippen LogP contribution in [0.4, 0.5) is 4.79 Å². The number of amides is 1. The van der Waals surface area contributed by atoms with Gasteiger partial charge in [0, 0.05) is 17.5 Å². The Bertz CT molecular complexity index is 476. The van der Waals surface area contributed by atoms with E-state index >= 15 is 0 Å². The van der Waals surface area contributed by atoms with Gasteiger partial charge in [0.2, 0.25) is 0 Å². The third kappa shape index (κ3) is 6.66.